The Labute approximate surface area is 166 Å². The molecule has 4 aromatic rings. The molecule has 0 saturated heterocycles. The van der Waals surface area contributed by atoms with Gasteiger partial charge >= 0.3 is 5.69 Å². The van der Waals surface area contributed by atoms with Gasteiger partial charge in [0.15, 0.2) is 5.13 Å². The van der Waals surface area contributed by atoms with Crippen molar-refractivity contribution in [2.45, 2.75) is 6.92 Å². The Morgan fingerprint density at radius 2 is 1.92 bits per heavy atom. The van der Waals surface area contributed by atoms with Crippen molar-refractivity contribution in [3.8, 4) is 22.1 Å². The molecule has 0 bridgehead atoms. The number of aryl methyl sites for hydroxylation is 1. The lowest BCUT2D eigenvalue weighted by Crippen LogP contribution is -2.22. The summed E-state index contributed by atoms with van der Waals surface area (Å²) >= 11 is 10.9. The van der Waals surface area contributed by atoms with Crippen LogP contribution in [0.4, 0.5) is 0 Å². The highest BCUT2D eigenvalue weighted by Gasteiger charge is 2.16. The Hall–Kier alpha value is -2.22. The minimum atomic E-state index is -0.276. The van der Waals surface area contributed by atoms with Gasteiger partial charge in [0.05, 0.1) is 11.4 Å². The van der Waals surface area contributed by atoms with Crippen molar-refractivity contribution >= 4 is 38.9 Å². The van der Waals surface area contributed by atoms with Crippen LogP contribution in [0.5, 0.6) is 0 Å². The Balaban J connectivity index is 1.78. The Morgan fingerprint density at radius 3 is 2.65 bits per heavy atom. The number of hydrogen-bond acceptors (Lipinski definition) is 4. The molecule has 5 nitrogen and oxygen atoms in total. The maximum Gasteiger partial charge on any atom is 0.357 e. The fourth-order valence-electron chi connectivity index (χ4n) is 2.58. The van der Waals surface area contributed by atoms with Crippen molar-refractivity contribution in [1.29, 1.82) is 0 Å². The van der Waals surface area contributed by atoms with Crippen molar-refractivity contribution in [3.05, 3.63) is 79.7 Å². The molecule has 8 heteroatoms. The van der Waals surface area contributed by atoms with E-state index in [1.165, 1.54) is 20.6 Å². The molecule has 0 fully saturated rings. The molecule has 0 unspecified atom stereocenters. The molecule has 0 spiro atoms. The van der Waals surface area contributed by atoms with Crippen molar-refractivity contribution in [2.75, 3.05) is 0 Å². The largest absolute Gasteiger partial charge is 0.357 e. The summed E-state index contributed by atoms with van der Waals surface area (Å²) in [4.78, 5) is 17.5. The molecule has 2 heterocycles. The standard InChI is InChI=1S/C18H12BrClN4OS/c1-11-22-24(15-4-2-3-14(20)9-15)18(25)23(11)17-21-16(10-26-17)12-5-7-13(19)8-6-12/h2-10H,1H3. The summed E-state index contributed by atoms with van der Waals surface area (Å²) in [5.41, 5.74) is 2.15. The molecular formula is C18H12BrClN4OS. The molecule has 4 rings (SSSR count). The molecular weight excluding hydrogens is 436 g/mol. The van der Waals surface area contributed by atoms with Crippen molar-refractivity contribution in [3.63, 3.8) is 0 Å². The van der Waals surface area contributed by atoms with Gasteiger partial charge in [-0.15, -0.1) is 16.4 Å². The molecule has 0 radical (unpaired) electrons. The Kier molecular flexibility index (Phi) is 4.52. The average molecular weight is 448 g/mol. The van der Waals surface area contributed by atoms with Crippen LogP contribution in [0.15, 0.2) is 63.2 Å². The van der Waals surface area contributed by atoms with E-state index in [1.807, 2.05) is 29.6 Å². The lowest BCUT2D eigenvalue weighted by atomic mass is 10.2. The number of benzene rings is 2. The van der Waals surface area contributed by atoms with Gasteiger partial charge in [0, 0.05) is 20.4 Å². The van der Waals surface area contributed by atoms with E-state index in [2.05, 4.69) is 26.0 Å². The third-order valence-electron chi connectivity index (χ3n) is 3.82. The number of hydrogen-bond donors (Lipinski definition) is 0. The number of nitrogens with zero attached hydrogens (tertiary/aromatic N) is 4. The normalized spacial score (nSPS) is 11.0. The van der Waals surface area contributed by atoms with Gasteiger partial charge in [0.2, 0.25) is 0 Å². The minimum absolute atomic E-state index is 0.276. The van der Waals surface area contributed by atoms with Gasteiger partial charge in [0.1, 0.15) is 5.82 Å². The Bertz CT molecular complexity index is 1150. The molecule has 0 aliphatic rings. The van der Waals surface area contributed by atoms with Gasteiger partial charge in [-0.05, 0) is 37.3 Å². The van der Waals surface area contributed by atoms with E-state index in [0.29, 0.717) is 21.7 Å². The number of halogens is 2. The molecule has 26 heavy (non-hydrogen) atoms. The van der Waals surface area contributed by atoms with E-state index in [0.717, 1.165) is 15.7 Å². The fraction of sp³-hybridized carbons (Fsp3) is 0.0556. The summed E-state index contributed by atoms with van der Waals surface area (Å²) < 4.78 is 3.85. The van der Waals surface area contributed by atoms with Gasteiger partial charge in [-0.25, -0.2) is 14.3 Å². The molecule has 0 aliphatic heterocycles. The predicted molar refractivity (Wildman–Crippen MR) is 108 cm³/mol. The van der Waals surface area contributed by atoms with Crippen LogP contribution in [0, 0.1) is 6.92 Å². The highest BCUT2D eigenvalue weighted by molar-refractivity contribution is 9.10. The van der Waals surface area contributed by atoms with Gasteiger partial charge in [0.25, 0.3) is 0 Å². The second-order valence-corrected chi connectivity index (χ2v) is 7.77. The zero-order valence-electron chi connectivity index (χ0n) is 13.6. The summed E-state index contributed by atoms with van der Waals surface area (Å²) in [6.07, 6.45) is 0. The topological polar surface area (TPSA) is 52.7 Å². The van der Waals surface area contributed by atoms with E-state index in [-0.39, 0.29) is 5.69 Å². The second-order valence-electron chi connectivity index (χ2n) is 5.58. The maximum atomic E-state index is 12.9. The van der Waals surface area contributed by atoms with Crippen LogP contribution in [0.2, 0.25) is 5.02 Å². The first kappa shape index (κ1) is 17.2. The Morgan fingerprint density at radius 1 is 1.15 bits per heavy atom. The first-order valence-corrected chi connectivity index (χ1v) is 9.74. The van der Waals surface area contributed by atoms with Gasteiger partial charge in [-0.1, -0.05) is 45.7 Å². The number of aromatic nitrogens is 4. The molecule has 2 aromatic carbocycles. The van der Waals surface area contributed by atoms with E-state index in [4.69, 9.17) is 11.6 Å². The first-order valence-electron chi connectivity index (χ1n) is 7.69. The van der Waals surface area contributed by atoms with Gasteiger partial charge in [-0.3, -0.25) is 0 Å². The third kappa shape index (κ3) is 3.13. The monoisotopic (exact) mass is 446 g/mol. The fourth-order valence-corrected chi connectivity index (χ4v) is 3.90. The number of thiazole rings is 1. The van der Waals surface area contributed by atoms with Crippen LogP contribution in [-0.2, 0) is 0 Å². The molecule has 0 saturated carbocycles. The van der Waals surface area contributed by atoms with E-state index < -0.39 is 0 Å². The zero-order valence-corrected chi connectivity index (χ0v) is 16.7. The highest BCUT2D eigenvalue weighted by atomic mass is 79.9. The van der Waals surface area contributed by atoms with E-state index >= 15 is 0 Å². The van der Waals surface area contributed by atoms with Crippen molar-refractivity contribution < 1.29 is 0 Å². The predicted octanol–water partition coefficient (Wildman–Crippen LogP) is 4.87. The quantitative estimate of drug-likeness (QED) is 0.450. The molecule has 2 aromatic heterocycles. The summed E-state index contributed by atoms with van der Waals surface area (Å²) in [5, 5.41) is 7.42. The zero-order chi connectivity index (χ0) is 18.3. The van der Waals surface area contributed by atoms with Crippen LogP contribution >= 0.6 is 38.9 Å². The van der Waals surface area contributed by atoms with Crippen molar-refractivity contribution in [1.82, 2.24) is 19.3 Å². The average Bonchev–Trinajstić information content (AvgIpc) is 3.20. The first-order chi connectivity index (χ1) is 12.5. The lowest BCUT2D eigenvalue weighted by Gasteiger charge is -1.99. The molecule has 0 N–H and O–H groups in total. The molecule has 0 atom stereocenters. The smallest absolute Gasteiger partial charge is 0.245 e. The van der Waals surface area contributed by atoms with Crippen LogP contribution in [0.1, 0.15) is 5.82 Å². The van der Waals surface area contributed by atoms with Crippen LogP contribution in [0.25, 0.3) is 22.1 Å². The highest BCUT2D eigenvalue weighted by Crippen LogP contribution is 2.25. The summed E-state index contributed by atoms with van der Waals surface area (Å²) in [5.74, 6) is 0.562. The SMILES string of the molecule is Cc1nn(-c2cccc(Cl)c2)c(=O)n1-c1nc(-c2ccc(Br)cc2)cs1. The summed E-state index contributed by atoms with van der Waals surface area (Å²) in [7, 11) is 0. The second kappa shape index (κ2) is 6.83. The van der Waals surface area contributed by atoms with Crippen LogP contribution < -0.4 is 5.69 Å². The lowest BCUT2D eigenvalue weighted by molar-refractivity contribution is 0.826. The minimum Gasteiger partial charge on any atom is -0.245 e. The summed E-state index contributed by atoms with van der Waals surface area (Å²) in [6, 6.07) is 14.9. The maximum absolute atomic E-state index is 12.9. The molecule has 130 valence electrons. The third-order valence-corrected chi connectivity index (χ3v) is 5.41. The number of rotatable bonds is 3. The van der Waals surface area contributed by atoms with Gasteiger partial charge in [-0.2, -0.15) is 4.68 Å². The van der Waals surface area contributed by atoms with Crippen LogP contribution in [0.3, 0.4) is 0 Å². The van der Waals surface area contributed by atoms with Crippen LogP contribution in [-0.4, -0.2) is 19.3 Å². The van der Waals surface area contributed by atoms with E-state index in [9.17, 15) is 4.79 Å². The molecule has 0 amide bonds. The van der Waals surface area contributed by atoms with Crippen molar-refractivity contribution in [2.24, 2.45) is 0 Å². The van der Waals surface area contributed by atoms with E-state index in [1.54, 1.807) is 31.2 Å². The summed E-state index contributed by atoms with van der Waals surface area (Å²) in [6.45, 7) is 1.78. The molecule has 0 aliphatic carbocycles. The van der Waals surface area contributed by atoms with Gasteiger partial charge < -0.3 is 0 Å².